The highest BCUT2D eigenvalue weighted by atomic mass is 16.7. The van der Waals surface area contributed by atoms with Crippen LogP contribution in [0.5, 0.6) is 46.0 Å². The molecule has 0 bridgehead atoms. The maximum atomic E-state index is 13.6. The number of hydrogen-bond acceptors (Lipinski definition) is 12. The van der Waals surface area contributed by atoms with Gasteiger partial charge in [0.15, 0.2) is 23.0 Å². The van der Waals surface area contributed by atoms with Crippen molar-refractivity contribution in [3.8, 4) is 57.1 Å². The molecule has 0 amide bonds. The molecule has 0 unspecified atom stereocenters. The minimum atomic E-state index is -1.10. The van der Waals surface area contributed by atoms with Gasteiger partial charge in [0, 0.05) is 34.4 Å². The average Bonchev–Trinajstić information content (AvgIpc) is 3.61. The Morgan fingerprint density at radius 1 is 0.429 bits per heavy atom. The molecule has 2 aliphatic rings. The average molecular weight is 570 g/mol. The molecule has 4 aromatic carbocycles. The van der Waals surface area contributed by atoms with E-state index < -0.39 is 46.1 Å². The maximum Gasteiger partial charge on any atom is 0.234 e. The zero-order valence-electron chi connectivity index (χ0n) is 21.2. The number of aromatic hydroxyl groups is 4. The molecule has 0 saturated heterocycles. The number of ether oxygens (including phenoxy) is 4. The second-order valence-corrected chi connectivity index (χ2v) is 9.29. The number of benzene rings is 4. The van der Waals surface area contributed by atoms with E-state index >= 15 is 0 Å². The molecular weight excluding hydrogens is 552 g/mol. The van der Waals surface area contributed by atoms with E-state index in [1.807, 2.05) is 0 Å². The molecule has 42 heavy (non-hydrogen) atoms. The molecule has 2 aliphatic heterocycles. The topological polar surface area (TPSA) is 186 Å². The molecule has 0 atom stereocenters. The van der Waals surface area contributed by atoms with Gasteiger partial charge >= 0.3 is 0 Å². The second kappa shape index (κ2) is 9.86. The quantitative estimate of drug-likeness (QED) is 0.186. The lowest BCUT2D eigenvalue weighted by molar-refractivity contribution is 0.0815. The summed E-state index contributed by atoms with van der Waals surface area (Å²) in [5.41, 5.74) is -1.11. The monoisotopic (exact) mass is 570 g/mol. The lowest BCUT2D eigenvalue weighted by atomic mass is 9.87. The van der Waals surface area contributed by atoms with Gasteiger partial charge in [-0.2, -0.15) is 0 Å². The van der Waals surface area contributed by atoms with Crippen LogP contribution in [0.15, 0.2) is 60.7 Å². The van der Waals surface area contributed by atoms with Crippen LogP contribution >= 0.6 is 0 Å². The van der Waals surface area contributed by atoms with Crippen molar-refractivity contribution in [3.63, 3.8) is 0 Å². The molecule has 4 aromatic rings. The third kappa shape index (κ3) is 4.56. The normalized spacial score (nSPS) is 12.7. The minimum Gasteiger partial charge on any atom is -0.508 e. The lowest BCUT2D eigenvalue weighted by Gasteiger charge is -2.15. The highest BCUT2D eigenvalue weighted by Gasteiger charge is 2.32. The number of fused-ring (bicyclic) bond motifs is 2. The smallest absolute Gasteiger partial charge is 0.234 e. The molecule has 6 rings (SSSR count). The van der Waals surface area contributed by atoms with E-state index in [1.165, 1.54) is 24.3 Å². The van der Waals surface area contributed by atoms with Crippen LogP contribution in [-0.2, 0) is 0 Å². The van der Waals surface area contributed by atoms with Crippen LogP contribution in [0.3, 0.4) is 0 Å². The SMILES string of the molecule is O=C(C(=O)c1cc2c(cc1-c1cc3c(cc1C(=O)C(=O)c1cc(O)cc(O)c1)OCO3)OCO2)c1cc(O)cc(O)c1. The van der Waals surface area contributed by atoms with Crippen LogP contribution in [0.25, 0.3) is 11.1 Å². The Bertz CT molecular complexity index is 1680. The number of rotatable bonds is 7. The molecular formula is C30H18O12. The summed E-state index contributed by atoms with van der Waals surface area (Å²) in [6.45, 7) is -0.375. The number of phenolic OH excluding ortho intramolecular Hbond substituents is 4. The Hall–Kier alpha value is -6.04. The van der Waals surface area contributed by atoms with Crippen LogP contribution in [0.2, 0.25) is 0 Å². The molecule has 0 aromatic heterocycles. The number of hydrogen-bond donors (Lipinski definition) is 4. The standard InChI is InChI=1S/C30H18O12/c31-15-1-13(2-16(32)5-15)27(35)29(37)21-9-25-23(39-11-41-25)7-19(21)20-8-24-26(42-12-40-24)10-22(20)30(38)28(36)14-3-17(33)6-18(34)4-14/h1-10,31-34H,11-12H2. The van der Waals surface area contributed by atoms with E-state index in [2.05, 4.69) is 0 Å². The van der Waals surface area contributed by atoms with Gasteiger partial charge in [-0.15, -0.1) is 0 Å². The van der Waals surface area contributed by atoms with Crippen molar-refractivity contribution in [2.45, 2.75) is 0 Å². The van der Waals surface area contributed by atoms with Gasteiger partial charge in [-0.3, -0.25) is 19.2 Å². The second-order valence-electron chi connectivity index (χ2n) is 9.29. The summed E-state index contributed by atoms with van der Waals surface area (Å²) in [4.78, 5) is 53.7. The Labute approximate surface area is 235 Å². The molecule has 12 heteroatoms. The molecule has 2 heterocycles. The number of carbonyl (C=O) groups excluding carboxylic acids is 4. The zero-order valence-corrected chi connectivity index (χ0v) is 21.2. The van der Waals surface area contributed by atoms with Crippen molar-refractivity contribution in [2.24, 2.45) is 0 Å². The predicted octanol–water partition coefficient (Wildman–Crippen LogP) is 3.76. The lowest BCUT2D eigenvalue weighted by Crippen LogP contribution is -2.18. The number of Topliss-reactive ketones (excluding diaryl/α,β-unsaturated/α-hetero) is 4. The van der Waals surface area contributed by atoms with Crippen LogP contribution in [0.1, 0.15) is 41.4 Å². The van der Waals surface area contributed by atoms with E-state index in [9.17, 15) is 39.6 Å². The first kappa shape index (κ1) is 26.2. The third-order valence-corrected chi connectivity index (χ3v) is 6.55. The molecule has 4 N–H and O–H groups in total. The summed E-state index contributed by atoms with van der Waals surface area (Å²) in [6, 6.07) is 11.2. The minimum absolute atomic E-state index is 0.00446. The highest BCUT2D eigenvalue weighted by Crippen LogP contribution is 2.44. The van der Waals surface area contributed by atoms with Crippen LogP contribution in [-0.4, -0.2) is 57.1 Å². The van der Waals surface area contributed by atoms with Crippen molar-refractivity contribution >= 4 is 23.1 Å². The van der Waals surface area contributed by atoms with Crippen LogP contribution in [0.4, 0.5) is 0 Å². The van der Waals surface area contributed by atoms with Crippen molar-refractivity contribution in [1.29, 1.82) is 0 Å². The predicted molar refractivity (Wildman–Crippen MR) is 141 cm³/mol. The van der Waals surface area contributed by atoms with E-state index in [-0.39, 0.29) is 70.0 Å². The molecule has 0 aliphatic carbocycles. The van der Waals surface area contributed by atoms with Gasteiger partial charge in [-0.05, 0) is 59.7 Å². The first-order valence-corrected chi connectivity index (χ1v) is 12.2. The van der Waals surface area contributed by atoms with Gasteiger partial charge in [-0.1, -0.05) is 0 Å². The van der Waals surface area contributed by atoms with E-state index in [0.717, 1.165) is 36.4 Å². The zero-order chi connectivity index (χ0) is 29.7. The number of ketones is 4. The Kier molecular flexibility index (Phi) is 6.15. The van der Waals surface area contributed by atoms with Gasteiger partial charge in [0.2, 0.25) is 36.7 Å². The Morgan fingerprint density at radius 3 is 1.07 bits per heavy atom. The number of carbonyl (C=O) groups is 4. The Morgan fingerprint density at radius 2 is 0.738 bits per heavy atom. The summed E-state index contributed by atoms with van der Waals surface area (Å²) in [5, 5.41) is 39.3. The summed E-state index contributed by atoms with van der Waals surface area (Å²) in [7, 11) is 0. The molecule has 0 fully saturated rings. The van der Waals surface area contributed by atoms with E-state index in [4.69, 9.17) is 18.9 Å². The van der Waals surface area contributed by atoms with Gasteiger partial charge in [-0.25, -0.2) is 0 Å². The van der Waals surface area contributed by atoms with Gasteiger partial charge in [0.05, 0.1) is 0 Å². The summed E-state index contributed by atoms with van der Waals surface area (Å²) in [5.74, 6) is -5.52. The van der Waals surface area contributed by atoms with E-state index in [1.54, 1.807) is 0 Å². The van der Waals surface area contributed by atoms with Crippen molar-refractivity contribution in [3.05, 3.63) is 82.9 Å². The van der Waals surface area contributed by atoms with Crippen molar-refractivity contribution < 1.29 is 58.6 Å². The largest absolute Gasteiger partial charge is 0.508 e. The fraction of sp³-hybridized carbons (Fsp3) is 0.0667. The number of phenols is 4. The van der Waals surface area contributed by atoms with Crippen molar-refractivity contribution in [2.75, 3.05) is 13.6 Å². The third-order valence-electron chi connectivity index (χ3n) is 6.55. The first-order valence-electron chi connectivity index (χ1n) is 12.2. The molecule has 0 radical (unpaired) electrons. The van der Waals surface area contributed by atoms with Crippen molar-refractivity contribution in [1.82, 2.24) is 0 Å². The van der Waals surface area contributed by atoms with E-state index in [0.29, 0.717) is 0 Å². The fourth-order valence-corrected chi connectivity index (χ4v) is 4.66. The summed E-state index contributed by atoms with van der Waals surface area (Å²) < 4.78 is 21.7. The molecule has 12 nitrogen and oxygen atoms in total. The molecule has 210 valence electrons. The van der Waals surface area contributed by atoms with Gasteiger partial charge in [0.1, 0.15) is 23.0 Å². The summed E-state index contributed by atoms with van der Waals surface area (Å²) in [6.07, 6.45) is 0. The highest BCUT2D eigenvalue weighted by molar-refractivity contribution is 6.52. The first-order chi connectivity index (χ1) is 20.1. The van der Waals surface area contributed by atoms with Gasteiger partial charge in [0.25, 0.3) is 0 Å². The summed E-state index contributed by atoms with van der Waals surface area (Å²) >= 11 is 0. The fourth-order valence-electron chi connectivity index (χ4n) is 4.66. The Balaban J connectivity index is 1.52. The molecule has 0 saturated carbocycles. The van der Waals surface area contributed by atoms with Gasteiger partial charge < -0.3 is 39.4 Å². The maximum absolute atomic E-state index is 13.6. The van der Waals surface area contributed by atoms with Crippen LogP contribution in [0, 0.1) is 0 Å². The van der Waals surface area contributed by atoms with Crippen LogP contribution < -0.4 is 18.9 Å². The molecule has 0 spiro atoms.